The summed E-state index contributed by atoms with van der Waals surface area (Å²) in [5.74, 6) is 4.53. The van der Waals surface area contributed by atoms with Crippen LogP contribution in [0.2, 0.25) is 0 Å². The van der Waals surface area contributed by atoms with E-state index in [2.05, 4.69) is 40.3 Å². The summed E-state index contributed by atoms with van der Waals surface area (Å²) in [7, 11) is 0. The molecule has 1 heterocycles. The predicted octanol–water partition coefficient (Wildman–Crippen LogP) is 0.651. The number of terminal acetylenes is 1. The number of aromatic amines is 1. The molecule has 2 N–H and O–H groups in total. The molecule has 1 aromatic heterocycles. The average Bonchev–Trinajstić information content (AvgIpc) is 2.53. The van der Waals surface area contributed by atoms with Gasteiger partial charge < -0.3 is 0 Å². The van der Waals surface area contributed by atoms with Gasteiger partial charge in [-0.25, -0.2) is 4.98 Å². The average molecular weight is 178 g/mol. The highest BCUT2D eigenvalue weighted by atomic mass is 15.2. The summed E-state index contributed by atoms with van der Waals surface area (Å²) < 4.78 is 0. The van der Waals surface area contributed by atoms with Gasteiger partial charge in [0.2, 0.25) is 0 Å². The van der Waals surface area contributed by atoms with Crippen molar-refractivity contribution in [1.29, 1.82) is 0 Å². The van der Waals surface area contributed by atoms with Gasteiger partial charge in [0.05, 0.1) is 13.1 Å². The van der Waals surface area contributed by atoms with Crippen molar-refractivity contribution < 1.29 is 0 Å². The SMILES string of the molecule is C#CCNCc1nc(C(C)C)n[nH]1. The van der Waals surface area contributed by atoms with E-state index in [4.69, 9.17) is 6.42 Å². The van der Waals surface area contributed by atoms with Gasteiger partial charge in [0.1, 0.15) is 5.82 Å². The van der Waals surface area contributed by atoms with E-state index >= 15 is 0 Å². The van der Waals surface area contributed by atoms with Crippen LogP contribution in [-0.2, 0) is 6.54 Å². The van der Waals surface area contributed by atoms with Crippen LogP contribution < -0.4 is 5.32 Å². The molecule has 0 saturated carbocycles. The van der Waals surface area contributed by atoms with Crippen LogP contribution in [0.4, 0.5) is 0 Å². The monoisotopic (exact) mass is 178 g/mol. The maximum Gasteiger partial charge on any atom is 0.153 e. The van der Waals surface area contributed by atoms with Crippen LogP contribution in [0.5, 0.6) is 0 Å². The Morgan fingerprint density at radius 1 is 1.62 bits per heavy atom. The van der Waals surface area contributed by atoms with Crippen LogP contribution >= 0.6 is 0 Å². The van der Waals surface area contributed by atoms with Gasteiger partial charge in [-0.15, -0.1) is 6.42 Å². The quantitative estimate of drug-likeness (QED) is 0.526. The normalized spacial score (nSPS) is 10.3. The third-order valence-corrected chi connectivity index (χ3v) is 1.58. The van der Waals surface area contributed by atoms with Crippen LogP contribution in [-0.4, -0.2) is 21.7 Å². The summed E-state index contributed by atoms with van der Waals surface area (Å²) in [5.41, 5.74) is 0. The number of nitrogens with zero attached hydrogens (tertiary/aromatic N) is 2. The van der Waals surface area contributed by atoms with Crippen molar-refractivity contribution >= 4 is 0 Å². The smallest absolute Gasteiger partial charge is 0.153 e. The third-order valence-electron chi connectivity index (χ3n) is 1.58. The fraction of sp³-hybridized carbons (Fsp3) is 0.556. The minimum atomic E-state index is 0.359. The van der Waals surface area contributed by atoms with Crippen LogP contribution in [0, 0.1) is 12.3 Å². The number of hydrogen-bond donors (Lipinski definition) is 2. The number of hydrogen-bond acceptors (Lipinski definition) is 3. The molecule has 0 bridgehead atoms. The Morgan fingerprint density at radius 3 is 2.92 bits per heavy atom. The van der Waals surface area contributed by atoms with Gasteiger partial charge in [0.25, 0.3) is 0 Å². The molecule has 0 saturated heterocycles. The molecule has 0 amide bonds. The van der Waals surface area contributed by atoms with Crippen molar-refractivity contribution in [3.8, 4) is 12.3 Å². The summed E-state index contributed by atoms with van der Waals surface area (Å²) in [6, 6.07) is 0. The Morgan fingerprint density at radius 2 is 2.38 bits per heavy atom. The molecule has 4 heteroatoms. The highest BCUT2D eigenvalue weighted by molar-refractivity contribution is 4.95. The first-order valence-electron chi connectivity index (χ1n) is 4.29. The Bertz CT molecular complexity index is 295. The second-order valence-corrected chi connectivity index (χ2v) is 3.10. The van der Waals surface area contributed by atoms with Crippen LogP contribution in [0.15, 0.2) is 0 Å². The van der Waals surface area contributed by atoms with E-state index in [1.807, 2.05) is 0 Å². The van der Waals surface area contributed by atoms with Crippen molar-refractivity contribution in [2.45, 2.75) is 26.3 Å². The molecule has 4 nitrogen and oxygen atoms in total. The molecule has 1 aromatic rings. The van der Waals surface area contributed by atoms with Crippen molar-refractivity contribution in [2.75, 3.05) is 6.54 Å². The van der Waals surface area contributed by atoms with Gasteiger partial charge in [0.15, 0.2) is 5.82 Å². The Kier molecular flexibility index (Phi) is 3.47. The zero-order valence-corrected chi connectivity index (χ0v) is 7.96. The summed E-state index contributed by atoms with van der Waals surface area (Å²) in [6.45, 7) is 5.31. The molecule has 0 aliphatic heterocycles. The number of rotatable bonds is 4. The van der Waals surface area contributed by atoms with Crippen molar-refractivity contribution in [2.24, 2.45) is 0 Å². The molecule has 13 heavy (non-hydrogen) atoms. The van der Waals surface area contributed by atoms with Gasteiger partial charge in [-0.05, 0) is 0 Å². The van der Waals surface area contributed by atoms with E-state index in [-0.39, 0.29) is 0 Å². The van der Waals surface area contributed by atoms with Crippen LogP contribution in [0.25, 0.3) is 0 Å². The standard InChI is InChI=1S/C9H14N4/c1-4-5-10-6-8-11-9(7(2)3)13-12-8/h1,7,10H,5-6H2,2-3H3,(H,11,12,13). The second-order valence-electron chi connectivity index (χ2n) is 3.10. The summed E-state index contributed by atoms with van der Waals surface area (Å²) in [4.78, 5) is 4.28. The van der Waals surface area contributed by atoms with E-state index in [0.717, 1.165) is 11.6 Å². The minimum absolute atomic E-state index is 0.359. The molecule has 0 fully saturated rings. The van der Waals surface area contributed by atoms with E-state index < -0.39 is 0 Å². The Labute approximate surface area is 78.2 Å². The fourth-order valence-electron chi connectivity index (χ4n) is 0.900. The van der Waals surface area contributed by atoms with E-state index in [0.29, 0.717) is 19.0 Å². The minimum Gasteiger partial charge on any atom is -0.299 e. The lowest BCUT2D eigenvalue weighted by Crippen LogP contribution is -2.14. The number of aromatic nitrogens is 3. The lowest BCUT2D eigenvalue weighted by molar-refractivity contribution is 0.725. The molecule has 0 aliphatic carbocycles. The van der Waals surface area contributed by atoms with E-state index in [9.17, 15) is 0 Å². The predicted molar refractivity (Wildman–Crippen MR) is 51.0 cm³/mol. The van der Waals surface area contributed by atoms with Crippen molar-refractivity contribution in [1.82, 2.24) is 20.5 Å². The molecule has 0 aliphatic rings. The van der Waals surface area contributed by atoms with Crippen LogP contribution in [0.1, 0.15) is 31.4 Å². The summed E-state index contributed by atoms with van der Waals surface area (Å²) in [6.07, 6.45) is 5.09. The second kappa shape index (κ2) is 4.63. The highest BCUT2D eigenvalue weighted by Crippen LogP contribution is 2.06. The molecule has 1 rings (SSSR count). The summed E-state index contributed by atoms with van der Waals surface area (Å²) in [5, 5.41) is 9.95. The van der Waals surface area contributed by atoms with Crippen molar-refractivity contribution in [3.63, 3.8) is 0 Å². The third kappa shape index (κ3) is 2.88. The highest BCUT2D eigenvalue weighted by Gasteiger charge is 2.05. The van der Waals surface area contributed by atoms with Crippen molar-refractivity contribution in [3.05, 3.63) is 11.6 Å². The van der Waals surface area contributed by atoms with Crippen LogP contribution in [0.3, 0.4) is 0 Å². The van der Waals surface area contributed by atoms with E-state index in [1.54, 1.807) is 0 Å². The molecule has 0 spiro atoms. The van der Waals surface area contributed by atoms with E-state index in [1.165, 1.54) is 0 Å². The lowest BCUT2D eigenvalue weighted by Gasteiger charge is -1.95. The van der Waals surface area contributed by atoms with Gasteiger partial charge in [-0.3, -0.25) is 10.4 Å². The first-order chi connectivity index (χ1) is 6.24. The van der Waals surface area contributed by atoms with Gasteiger partial charge in [-0.2, -0.15) is 5.10 Å². The van der Waals surface area contributed by atoms with Gasteiger partial charge in [-0.1, -0.05) is 19.8 Å². The topological polar surface area (TPSA) is 53.6 Å². The van der Waals surface area contributed by atoms with Gasteiger partial charge >= 0.3 is 0 Å². The molecular weight excluding hydrogens is 164 g/mol. The number of nitrogens with one attached hydrogen (secondary N) is 2. The first kappa shape index (κ1) is 9.75. The number of H-pyrrole nitrogens is 1. The first-order valence-corrected chi connectivity index (χ1v) is 4.29. The molecule has 0 aromatic carbocycles. The molecular formula is C9H14N4. The van der Waals surface area contributed by atoms with Gasteiger partial charge in [0, 0.05) is 5.92 Å². The maximum absolute atomic E-state index is 5.09. The summed E-state index contributed by atoms with van der Waals surface area (Å²) >= 11 is 0. The fourth-order valence-corrected chi connectivity index (χ4v) is 0.900. The molecule has 0 radical (unpaired) electrons. The Balaban J connectivity index is 2.45. The maximum atomic E-state index is 5.09. The molecule has 0 unspecified atom stereocenters. The molecule has 70 valence electrons. The Hall–Kier alpha value is -1.34. The largest absolute Gasteiger partial charge is 0.299 e. The molecule has 0 atom stereocenters. The zero-order chi connectivity index (χ0) is 9.68. The zero-order valence-electron chi connectivity index (χ0n) is 7.96. The lowest BCUT2D eigenvalue weighted by atomic mass is 10.2.